The van der Waals surface area contributed by atoms with E-state index in [4.69, 9.17) is 9.47 Å². The number of carbonyl (C=O) groups is 3. The fourth-order valence-corrected chi connectivity index (χ4v) is 4.75. The van der Waals surface area contributed by atoms with E-state index in [-0.39, 0.29) is 33.8 Å². The highest BCUT2D eigenvalue weighted by atomic mass is 32.1. The van der Waals surface area contributed by atoms with Gasteiger partial charge in [0.25, 0.3) is 5.69 Å². The average molecular weight is 487 g/mol. The second-order valence-electron chi connectivity index (χ2n) is 7.82. The SMILES string of the molecule is CCOC(=O)c1c(NC(=O)/C=C/c2ccc([N+](=O)[O-])cc2)sc(C(=O)OC2CCCCC2)c1C. The predicted molar refractivity (Wildman–Crippen MR) is 128 cm³/mol. The van der Waals surface area contributed by atoms with Crippen molar-refractivity contribution in [3.05, 3.63) is 62.0 Å². The first kappa shape index (κ1) is 25.1. The van der Waals surface area contributed by atoms with Crippen molar-refractivity contribution in [3.8, 4) is 0 Å². The molecule has 1 aromatic carbocycles. The maximum absolute atomic E-state index is 12.8. The van der Waals surface area contributed by atoms with Gasteiger partial charge in [0.2, 0.25) is 5.91 Å². The largest absolute Gasteiger partial charge is 0.462 e. The lowest BCUT2D eigenvalue weighted by Crippen LogP contribution is -2.21. The van der Waals surface area contributed by atoms with Crippen molar-refractivity contribution < 1.29 is 28.8 Å². The van der Waals surface area contributed by atoms with Gasteiger partial charge in [-0.15, -0.1) is 11.3 Å². The number of anilines is 1. The van der Waals surface area contributed by atoms with E-state index in [9.17, 15) is 24.5 Å². The molecule has 9 nitrogen and oxygen atoms in total. The molecule has 1 saturated carbocycles. The van der Waals surface area contributed by atoms with Gasteiger partial charge in [-0.25, -0.2) is 9.59 Å². The number of nitro groups is 1. The number of thiophene rings is 1. The van der Waals surface area contributed by atoms with Crippen LogP contribution in [0.4, 0.5) is 10.7 Å². The number of rotatable bonds is 8. The minimum absolute atomic E-state index is 0.0533. The Labute approximate surface area is 200 Å². The molecule has 1 amide bonds. The molecule has 3 rings (SSSR count). The van der Waals surface area contributed by atoms with Crippen LogP contribution < -0.4 is 5.32 Å². The average Bonchev–Trinajstić information content (AvgIpc) is 3.14. The van der Waals surface area contributed by atoms with Crippen molar-refractivity contribution in [2.24, 2.45) is 0 Å². The first-order valence-corrected chi connectivity index (χ1v) is 11.9. The Morgan fingerprint density at radius 3 is 2.44 bits per heavy atom. The van der Waals surface area contributed by atoms with Gasteiger partial charge in [0.1, 0.15) is 16.0 Å². The van der Waals surface area contributed by atoms with Gasteiger partial charge >= 0.3 is 11.9 Å². The van der Waals surface area contributed by atoms with E-state index in [1.165, 1.54) is 36.4 Å². The third-order valence-corrected chi connectivity index (χ3v) is 6.59. The molecule has 10 heteroatoms. The standard InChI is InChI=1S/C24H26N2O7S/c1-3-32-23(28)20-15(2)21(24(29)33-18-7-5-4-6-8-18)34-22(20)25-19(27)14-11-16-9-12-17(13-10-16)26(30)31/h9-14,18H,3-8H2,1-2H3,(H,25,27)/b14-11+. The minimum atomic E-state index is -0.636. The number of hydrogen-bond donors (Lipinski definition) is 1. The van der Waals surface area contributed by atoms with Crippen LogP contribution in [0.3, 0.4) is 0 Å². The third kappa shape index (κ3) is 6.28. The molecule has 1 aromatic heterocycles. The van der Waals surface area contributed by atoms with Crippen molar-refractivity contribution in [3.63, 3.8) is 0 Å². The molecule has 0 atom stereocenters. The van der Waals surface area contributed by atoms with Crippen LogP contribution in [0.15, 0.2) is 30.3 Å². The quantitative estimate of drug-likeness (QED) is 0.233. The fourth-order valence-electron chi connectivity index (χ4n) is 3.67. The monoisotopic (exact) mass is 486 g/mol. The van der Waals surface area contributed by atoms with Gasteiger partial charge in [-0.05, 0) is 68.9 Å². The fraction of sp³-hybridized carbons (Fsp3) is 0.375. The summed E-state index contributed by atoms with van der Waals surface area (Å²) in [4.78, 5) is 48.4. The summed E-state index contributed by atoms with van der Waals surface area (Å²) in [6, 6.07) is 5.70. The predicted octanol–water partition coefficient (Wildman–Crippen LogP) is 5.28. The summed E-state index contributed by atoms with van der Waals surface area (Å²) in [7, 11) is 0. The number of benzene rings is 1. The summed E-state index contributed by atoms with van der Waals surface area (Å²) in [6.45, 7) is 3.44. The van der Waals surface area contributed by atoms with Crippen LogP contribution in [0.5, 0.6) is 0 Å². The zero-order chi connectivity index (χ0) is 24.7. The van der Waals surface area contributed by atoms with Gasteiger partial charge in [-0.2, -0.15) is 0 Å². The molecular formula is C24H26N2O7S. The highest BCUT2D eigenvalue weighted by molar-refractivity contribution is 7.18. The Kier molecular flexibility index (Phi) is 8.53. The lowest BCUT2D eigenvalue weighted by atomic mass is 9.98. The zero-order valence-corrected chi connectivity index (χ0v) is 19.8. The maximum Gasteiger partial charge on any atom is 0.348 e. The number of ether oxygens (including phenoxy) is 2. The van der Waals surface area contributed by atoms with Crippen LogP contribution in [0.25, 0.3) is 6.08 Å². The van der Waals surface area contributed by atoms with Gasteiger partial charge in [-0.1, -0.05) is 6.42 Å². The zero-order valence-electron chi connectivity index (χ0n) is 19.0. The van der Waals surface area contributed by atoms with Crippen molar-refractivity contribution >= 4 is 45.9 Å². The molecule has 2 aromatic rings. The number of nitrogens with zero attached hydrogens (tertiary/aromatic N) is 1. The summed E-state index contributed by atoms with van der Waals surface area (Å²) in [5.41, 5.74) is 1.06. The summed E-state index contributed by atoms with van der Waals surface area (Å²) in [5.74, 6) is -1.68. The van der Waals surface area contributed by atoms with Gasteiger partial charge in [0.15, 0.2) is 0 Å². The molecule has 0 spiro atoms. The summed E-state index contributed by atoms with van der Waals surface area (Å²) in [6.07, 6.45) is 7.37. The van der Waals surface area contributed by atoms with Crippen LogP contribution in [0, 0.1) is 17.0 Å². The molecule has 0 bridgehead atoms. The van der Waals surface area contributed by atoms with Gasteiger partial charge in [0.05, 0.1) is 17.1 Å². The number of hydrogen-bond acceptors (Lipinski definition) is 8. The molecule has 1 aliphatic rings. The van der Waals surface area contributed by atoms with E-state index in [0.717, 1.165) is 43.4 Å². The molecule has 0 saturated heterocycles. The van der Waals surface area contributed by atoms with Crippen LogP contribution in [-0.2, 0) is 14.3 Å². The molecular weight excluding hydrogens is 460 g/mol. The van der Waals surface area contributed by atoms with Crippen molar-refractivity contribution in [2.75, 3.05) is 11.9 Å². The lowest BCUT2D eigenvalue weighted by molar-refractivity contribution is -0.384. The van der Waals surface area contributed by atoms with Crippen LogP contribution in [-0.4, -0.2) is 35.5 Å². The van der Waals surface area contributed by atoms with E-state index in [1.54, 1.807) is 13.8 Å². The lowest BCUT2D eigenvalue weighted by Gasteiger charge is -2.21. The van der Waals surface area contributed by atoms with Crippen LogP contribution >= 0.6 is 11.3 Å². The van der Waals surface area contributed by atoms with E-state index in [1.807, 2.05) is 0 Å². The molecule has 1 N–H and O–H groups in total. The van der Waals surface area contributed by atoms with Crippen LogP contribution in [0.2, 0.25) is 0 Å². The highest BCUT2D eigenvalue weighted by Gasteiger charge is 2.28. The molecule has 0 unspecified atom stereocenters. The Morgan fingerprint density at radius 1 is 1.15 bits per heavy atom. The molecule has 34 heavy (non-hydrogen) atoms. The highest BCUT2D eigenvalue weighted by Crippen LogP contribution is 2.35. The molecule has 0 aliphatic heterocycles. The number of nitro benzene ring substituents is 1. The topological polar surface area (TPSA) is 125 Å². The molecule has 180 valence electrons. The Bertz CT molecular complexity index is 1100. The third-order valence-electron chi connectivity index (χ3n) is 5.41. The van der Waals surface area contributed by atoms with E-state index < -0.39 is 22.8 Å². The Hall–Kier alpha value is -3.53. The summed E-state index contributed by atoms with van der Waals surface area (Å²) < 4.78 is 10.8. The first-order chi connectivity index (χ1) is 16.3. The number of nitrogens with one attached hydrogen (secondary N) is 1. The van der Waals surface area contributed by atoms with E-state index in [2.05, 4.69) is 5.32 Å². The first-order valence-electron chi connectivity index (χ1n) is 11.0. The maximum atomic E-state index is 12.8. The Morgan fingerprint density at radius 2 is 1.82 bits per heavy atom. The smallest absolute Gasteiger partial charge is 0.348 e. The second kappa shape index (κ2) is 11.6. The number of non-ortho nitro benzene ring substituents is 1. The van der Waals surface area contributed by atoms with E-state index >= 15 is 0 Å². The minimum Gasteiger partial charge on any atom is -0.462 e. The van der Waals surface area contributed by atoms with Gasteiger partial charge in [-0.3, -0.25) is 14.9 Å². The molecule has 0 radical (unpaired) electrons. The number of esters is 2. The normalized spacial score (nSPS) is 14.1. The van der Waals surface area contributed by atoms with Gasteiger partial charge < -0.3 is 14.8 Å². The van der Waals surface area contributed by atoms with Gasteiger partial charge in [0, 0.05) is 18.2 Å². The van der Waals surface area contributed by atoms with Crippen LogP contribution in [0.1, 0.15) is 70.2 Å². The summed E-state index contributed by atoms with van der Waals surface area (Å²) in [5, 5.41) is 13.6. The molecule has 1 heterocycles. The van der Waals surface area contributed by atoms with Crippen molar-refractivity contribution in [1.82, 2.24) is 0 Å². The number of carbonyl (C=O) groups excluding carboxylic acids is 3. The van der Waals surface area contributed by atoms with Crippen molar-refractivity contribution in [1.29, 1.82) is 0 Å². The molecule has 1 fully saturated rings. The molecule has 1 aliphatic carbocycles. The second-order valence-corrected chi connectivity index (χ2v) is 8.84. The summed E-state index contributed by atoms with van der Waals surface area (Å²) >= 11 is 0.976. The number of amides is 1. The van der Waals surface area contributed by atoms with Crippen molar-refractivity contribution in [2.45, 2.75) is 52.1 Å². The Balaban J connectivity index is 1.78. The van der Waals surface area contributed by atoms with E-state index in [0.29, 0.717) is 11.1 Å².